The van der Waals surface area contributed by atoms with E-state index in [-0.39, 0.29) is 32.8 Å². The molecule has 0 saturated heterocycles. The number of halogens is 6. The molecule has 0 spiro atoms. The van der Waals surface area contributed by atoms with Crippen molar-refractivity contribution in [2.45, 2.75) is 146 Å². The molecule has 0 amide bonds. The molecule has 6 aromatic rings. The van der Waals surface area contributed by atoms with Crippen LogP contribution in [0.5, 0.6) is 0 Å². The van der Waals surface area contributed by atoms with Crippen LogP contribution in [-0.4, -0.2) is 36.4 Å². The van der Waals surface area contributed by atoms with Gasteiger partial charge in [0.1, 0.15) is 0 Å². The Morgan fingerprint density at radius 3 is 0.877 bits per heavy atom. The lowest BCUT2D eigenvalue weighted by atomic mass is 9.71. The molecule has 2 aromatic heterocycles. The Hall–Kier alpha value is -4.28. The lowest BCUT2D eigenvalue weighted by molar-refractivity contribution is -0.258. The van der Waals surface area contributed by atoms with Crippen LogP contribution in [0.2, 0.25) is 0 Å². The predicted octanol–water partition coefficient (Wildman–Crippen LogP) is 16.9. The van der Waals surface area contributed by atoms with Crippen LogP contribution in [0.15, 0.2) is 107 Å². The normalized spacial score (nSPS) is 24.1. The molecule has 65 heavy (non-hydrogen) atoms. The molecule has 340 valence electrons. The number of fused-ring (bicyclic) bond motifs is 10. The second-order valence-electron chi connectivity index (χ2n) is 23.1. The standard InChI is InChI=1S/C55H56F6N2S2/c1-47(2,3)29-15-19-39-33(23-29)34-24-30(48(4,5)6)16-20-40(34)62(39)43-27-37-45-46(54(58,59)55(60,61)53(45,56)57)38-28-44(65-52(38,14)51(37,13)64-43)63-41-21-17-31(49(7,8)9)25-35(41)36-26-32(50(10,11)12)18-22-42(36)63/h15-28H,1-14H3. The smallest absolute Gasteiger partial charge is 0.304 e. The van der Waals surface area contributed by atoms with Gasteiger partial charge in [0, 0.05) is 32.7 Å². The monoisotopic (exact) mass is 922 g/mol. The Bertz CT molecular complexity index is 2890. The van der Waals surface area contributed by atoms with Gasteiger partial charge in [-0.2, -0.15) is 26.3 Å². The van der Waals surface area contributed by atoms with Gasteiger partial charge in [-0.3, -0.25) is 0 Å². The number of allylic oxidation sites excluding steroid dienone is 4. The maximum absolute atomic E-state index is 16.7. The van der Waals surface area contributed by atoms with E-state index in [4.69, 9.17) is 0 Å². The molecular weight excluding hydrogens is 867 g/mol. The number of hydrogen-bond acceptors (Lipinski definition) is 2. The highest BCUT2D eigenvalue weighted by Gasteiger charge is 2.84. The van der Waals surface area contributed by atoms with Crippen LogP contribution >= 0.6 is 23.5 Å². The summed E-state index contributed by atoms with van der Waals surface area (Å²) in [5.41, 5.74) is 4.06. The summed E-state index contributed by atoms with van der Waals surface area (Å²) in [4.78, 5) is 0. The quantitative estimate of drug-likeness (QED) is 0.160. The summed E-state index contributed by atoms with van der Waals surface area (Å²) in [6.45, 7) is 29.3. The highest BCUT2D eigenvalue weighted by Crippen LogP contribution is 2.75. The number of alkyl halides is 6. The summed E-state index contributed by atoms with van der Waals surface area (Å²) in [5, 5.41) is 4.86. The number of nitrogens with zero attached hydrogens (tertiary/aromatic N) is 2. The molecule has 4 aliphatic rings. The van der Waals surface area contributed by atoms with E-state index in [0.29, 0.717) is 10.1 Å². The van der Waals surface area contributed by atoms with Crippen molar-refractivity contribution in [1.82, 2.24) is 9.13 Å². The Morgan fingerprint density at radius 1 is 0.400 bits per heavy atom. The molecule has 2 aliphatic carbocycles. The summed E-state index contributed by atoms with van der Waals surface area (Å²) in [7, 11) is 0. The molecule has 2 atom stereocenters. The minimum atomic E-state index is -5.67. The summed E-state index contributed by atoms with van der Waals surface area (Å²) in [5.74, 6) is -16.0. The Balaban J connectivity index is 1.24. The molecule has 10 rings (SSSR count). The lowest BCUT2D eigenvalue weighted by Crippen LogP contribution is -2.49. The average molecular weight is 923 g/mol. The molecule has 1 fully saturated rings. The Morgan fingerprint density at radius 2 is 0.646 bits per heavy atom. The van der Waals surface area contributed by atoms with E-state index in [1.807, 2.05) is 33.4 Å². The SMILES string of the molecule is CC(C)(C)c1ccc2c(c1)c1cc(C(C)(C)C)ccc1n2C1=CC2=C3C(=C4C=C(n5c6ccc(C(C)(C)C)cc6c6cc(C(C)(C)C)ccc65)SC4(C)C2(C)S1)C(F)(F)C(F)(F)C3(F)F. The average Bonchev–Trinajstić information content (AvgIpc) is 3.93. The van der Waals surface area contributed by atoms with Crippen molar-refractivity contribution < 1.29 is 26.3 Å². The van der Waals surface area contributed by atoms with Gasteiger partial charge in [0.2, 0.25) is 0 Å². The van der Waals surface area contributed by atoms with Crippen molar-refractivity contribution in [2.24, 2.45) is 0 Å². The van der Waals surface area contributed by atoms with Gasteiger partial charge in [-0.05, 0) is 130 Å². The molecular formula is C55H56F6N2S2. The third kappa shape index (κ3) is 5.83. The van der Waals surface area contributed by atoms with Crippen LogP contribution in [0.4, 0.5) is 26.3 Å². The van der Waals surface area contributed by atoms with Gasteiger partial charge in [-0.15, -0.1) is 0 Å². The number of thioether (sulfide) groups is 2. The van der Waals surface area contributed by atoms with E-state index < -0.39 is 38.4 Å². The first-order valence-electron chi connectivity index (χ1n) is 22.4. The molecule has 0 bridgehead atoms. The van der Waals surface area contributed by atoms with Gasteiger partial charge < -0.3 is 9.13 Å². The van der Waals surface area contributed by atoms with E-state index >= 15 is 26.3 Å². The minimum absolute atomic E-state index is 0.178. The zero-order valence-electron chi connectivity index (χ0n) is 39.6. The fourth-order valence-electron chi connectivity index (χ4n) is 10.5. The fourth-order valence-corrected chi connectivity index (χ4v) is 13.6. The maximum Gasteiger partial charge on any atom is 0.380 e. The molecule has 2 aliphatic heterocycles. The number of benzene rings is 4. The lowest BCUT2D eigenvalue weighted by Gasteiger charge is -2.47. The summed E-state index contributed by atoms with van der Waals surface area (Å²) >= 11 is 2.58. The maximum atomic E-state index is 16.7. The second kappa shape index (κ2) is 13.0. The van der Waals surface area contributed by atoms with E-state index in [1.54, 1.807) is 13.8 Å². The van der Waals surface area contributed by atoms with Gasteiger partial charge in [0.15, 0.2) is 0 Å². The molecule has 4 aromatic carbocycles. The molecule has 2 nitrogen and oxygen atoms in total. The van der Waals surface area contributed by atoms with Gasteiger partial charge in [-0.1, -0.05) is 131 Å². The zero-order chi connectivity index (χ0) is 47.4. The molecule has 0 N–H and O–H groups in total. The Labute approximate surface area is 386 Å². The van der Waals surface area contributed by atoms with Crippen LogP contribution in [-0.2, 0) is 21.7 Å². The van der Waals surface area contributed by atoms with E-state index in [1.165, 1.54) is 35.7 Å². The van der Waals surface area contributed by atoms with Gasteiger partial charge in [-0.25, -0.2) is 0 Å². The second-order valence-corrected chi connectivity index (χ2v) is 26.0. The number of aromatic nitrogens is 2. The predicted molar refractivity (Wildman–Crippen MR) is 263 cm³/mol. The third-order valence-corrected chi connectivity index (χ3v) is 18.0. The Kier molecular flexibility index (Phi) is 8.93. The first-order valence-corrected chi connectivity index (χ1v) is 24.0. The van der Waals surface area contributed by atoms with Crippen molar-refractivity contribution in [2.75, 3.05) is 0 Å². The summed E-state index contributed by atoms with van der Waals surface area (Å²) in [6, 6.07) is 25.1. The first kappa shape index (κ1) is 44.6. The molecule has 1 saturated carbocycles. The van der Waals surface area contributed by atoms with Gasteiger partial charge >= 0.3 is 17.8 Å². The van der Waals surface area contributed by atoms with Crippen LogP contribution < -0.4 is 0 Å². The fraction of sp³-hybridized carbons (Fsp3) is 0.418. The molecule has 4 heterocycles. The van der Waals surface area contributed by atoms with Crippen LogP contribution in [0, 0.1) is 0 Å². The van der Waals surface area contributed by atoms with E-state index in [2.05, 4.69) is 132 Å². The zero-order valence-corrected chi connectivity index (χ0v) is 41.2. The molecule has 0 radical (unpaired) electrons. The molecule has 2 unspecified atom stereocenters. The largest absolute Gasteiger partial charge is 0.380 e. The highest BCUT2D eigenvalue weighted by molar-refractivity contribution is 8.13. The summed E-state index contributed by atoms with van der Waals surface area (Å²) in [6.07, 6.45) is 3.01. The first-order chi connectivity index (χ1) is 29.7. The van der Waals surface area contributed by atoms with Crippen LogP contribution in [0.3, 0.4) is 0 Å². The topological polar surface area (TPSA) is 9.86 Å². The molecule has 10 heteroatoms. The van der Waals surface area contributed by atoms with Crippen molar-refractivity contribution in [3.05, 3.63) is 129 Å². The summed E-state index contributed by atoms with van der Waals surface area (Å²) < 4.78 is 100. The number of hydrogen-bond donors (Lipinski definition) is 0. The van der Waals surface area contributed by atoms with Crippen molar-refractivity contribution in [1.29, 1.82) is 0 Å². The van der Waals surface area contributed by atoms with Crippen molar-refractivity contribution in [3.8, 4) is 0 Å². The van der Waals surface area contributed by atoms with Crippen LogP contribution in [0.25, 0.3) is 53.7 Å². The van der Waals surface area contributed by atoms with E-state index in [0.717, 1.165) is 65.9 Å². The van der Waals surface area contributed by atoms with Crippen molar-refractivity contribution in [3.63, 3.8) is 0 Å². The highest BCUT2D eigenvalue weighted by atomic mass is 32.2. The van der Waals surface area contributed by atoms with Gasteiger partial charge in [0.25, 0.3) is 0 Å². The van der Waals surface area contributed by atoms with Crippen molar-refractivity contribution >= 4 is 77.2 Å². The third-order valence-electron chi connectivity index (χ3n) is 14.7. The van der Waals surface area contributed by atoms with Gasteiger partial charge in [0.05, 0.1) is 41.6 Å². The van der Waals surface area contributed by atoms with E-state index in [9.17, 15) is 0 Å². The number of rotatable bonds is 2. The minimum Gasteiger partial charge on any atom is -0.304 e. The van der Waals surface area contributed by atoms with Crippen LogP contribution in [0.1, 0.15) is 119 Å².